The second kappa shape index (κ2) is 7.93. The SMILES string of the molecule is CC(C)N1CCN(C(=O)[C@H]2CC(=O)N(c3ccc4c(c3)CCN4C(=O)C3CC3)C2)CC1. The lowest BCUT2D eigenvalue weighted by Gasteiger charge is -2.37. The van der Waals surface area contributed by atoms with E-state index in [-0.39, 0.29) is 36.0 Å². The molecule has 1 saturated carbocycles. The molecule has 166 valence electrons. The van der Waals surface area contributed by atoms with Gasteiger partial charge < -0.3 is 14.7 Å². The van der Waals surface area contributed by atoms with Crippen molar-refractivity contribution in [2.24, 2.45) is 11.8 Å². The number of rotatable bonds is 4. The van der Waals surface area contributed by atoms with E-state index < -0.39 is 0 Å². The van der Waals surface area contributed by atoms with Gasteiger partial charge >= 0.3 is 0 Å². The number of nitrogens with zero attached hydrogens (tertiary/aromatic N) is 4. The normalized spacial score (nSPS) is 24.3. The maximum Gasteiger partial charge on any atom is 0.230 e. The summed E-state index contributed by atoms with van der Waals surface area (Å²) >= 11 is 0. The molecule has 3 amide bonds. The van der Waals surface area contributed by atoms with Crippen molar-refractivity contribution in [1.82, 2.24) is 9.80 Å². The topological polar surface area (TPSA) is 64.2 Å². The number of hydrogen-bond acceptors (Lipinski definition) is 4. The Hall–Kier alpha value is -2.41. The second-order valence-corrected chi connectivity index (χ2v) is 9.69. The molecule has 1 aliphatic carbocycles. The summed E-state index contributed by atoms with van der Waals surface area (Å²) in [6.07, 6.45) is 3.12. The number of benzene rings is 1. The fraction of sp³-hybridized carbons (Fsp3) is 0.625. The van der Waals surface area contributed by atoms with Gasteiger partial charge in [0.05, 0.1) is 5.92 Å². The lowest BCUT2D eigenvalue weighted by Crippen LogP contribution is -2.52. The van der Waals surface area contributed by atoms with Crippen LogP contribution in [-0.4, -0.2) is 72.8 Å². The first-order valence-electron chi connectivity index (χ1n) is 11.7. The first-order chi connectivity index (χ1) is 14.9. The first-order valence-corrected chi connectivity index (χ1v) is 11.7. The van der Waals surface area contributed by atoms with Gasteiger partial charge in [0.25, 0.3) is 0 Å². The highest BCUT2D eigenvalue weighted by Gasteiger charge is 2.39. The summed E-state index contributed by atoms with van der Waals surface area (Å²) in [5.74, 6) is 0.316. The van der Waals surface area contributed by atoms with Crippen LogP contribution in [0.4, 0.5) is 11.4 Å². The molecule has 5 rings (SSSR count). The smallest absolute Gasteiger partial charge is 0.230 e. The van der Waals surface area contributed by atoms with E-state index in [1.807, 2.05) is 28.0 Å². The summed E-state index contributed by atoms with van der Waals surface area (Å²) in [5.41, 5.74) is 2.96. The summed E-state index contributed by atoms with van der Waals surface area (Å²) in [6.45, 7) is 8.82. The minimum absolute atomic E-state index is 0.0167. The molecule has 1 atom stereocenters. The van der Waals surface area contributed by atoms with Crippen LogP contribution in [0.5, 0.6) is 0 Å². The number of fused-ring (bicyclic) bond motifs is 1. The first kappa shape index (κ1) is 20.5. The summed E-state index contributed by atoms with van der Waals surface area (Å²) in [7, 11) is 0. The molecule has 1 aromatic rings. The number of carbonyl (C=O) groups excluding carboxylic acids is 3. The second-order valence-electron chi connectivity index (χ2n) is 9.69. The molecule has 31 heavy (non-hydrogen) atoms. The highest BCUT2D eigenvalue weighted by Crippen LogP contribution is 2.38. The Morgan fingerprint density at radius 2 is 1.71 bits per heavy atom. The van der Waals surface area contributed by atoms with Gasteiger partial charge in [-0.2, -0.15) is 0 Å². The van der Waals surface area contributed by atoms with Crippen LogP contribution in [-0.2, 0) is 20.8 Å². The third-order valence-electron chi connectivity index (χ3n) is 7.29. The van der Waals surface area contributed by atoms with Crippen molar-refractivity contribution in [3.63, 3.8) is 0 Å². The molecule has 3 fully saturated rings. The Labute approximate surface area is 184 Å². The monoisotopic (exact) mass is 424 g/mol. The number of hydrogen-bond donors (Lipinski definition) is 0. The number of anilines is 2. The van der Waals surface area contributed by atoms with Crippen molar-refractivity contribution in [1.29, 1.82) is 0 Å². The van der Waals surface area contributed by atoms with Gasteiger partial charge in [-0.05, 0) is 56.9 Å². The Balaban J connectivity index is 1.24. The van der Waals surface area contributed by atoms with Crippen LogP contribution in [0.2, 0.25) is 0 Å². The third kappa shape index (κ3) is 3.84. The molecule has 1 aromatic carbocycles. The van der Waals surface area contributed by atoms with E-state index in [1.54, 1.807) is 4.90 Å². The molecule has 0 radical (unpaired) electrons. The zero-order valence-corrected chi connectivity index (χ0v) is 18.5. The van der Waals surface area contributed by atoms with Gasteiger partial charge in [-0.3, -0.25) is 19.3 Å². The predicted octanol–water partition coefficient (Wildman–Crippen LogP) is 1.89. The Morgan fingerprint density at radius 1 is 0.968 bits per heavy atom. The molecule has 0 unspecified atom stereocenters. The quantitative estimate of drug-likeness (QED) is 0.741. The fourth-order valence-electron chi connectivity index (χ4n) is 5.18. The highest BCUT2D eigenvalue weighted by molar-refractivity contribution is 6.02. The molecular weight excluding hydrogens is 392 g/mol. The van der Waals surface area contributed by atoms with Gasteiger partial charge in [-0.15, -0.1) is 0 Å². The molecule has 0 aromatic heterocycles. The van der Waals surface area contributed by atoms with E-state index in [9.17, 15) is 14.4 Å². The molecule has 7 heteroatoms. The summed E-state index contributed by atoms with van der Waals surface area (Å²) in [4.78, 5) is 46.3. The minimum atomic E-state index is -0.265. The van der Waals surface area contributed by atoms with E-state index in [4.69, 9.17) is 0 Å². The zero-order valence-electron chi connectivity index (χ0n) is 18.5. The van der Waals surface area contributed by atoms with Crippen LogP contribution in [0.15, 0.2) is 18.2 Å². The molecule has 3 aliphatic heterocycles. The van der Waals surface area contributed by atoms with Gasteiger partial charge in [0.15, 0.2) is 0 Å². The van der Waals surface area contributed by atoms with Crippen LogP contribution in [0.1, 0.15) is 38.7 Å². The van der Waals surface area contributed by atoms with Crippen molar-refractivity contribution in [3.8, 4) is 0 Å². The average molecular weight is 425 g/mol. The van der Waals surface area contributed by atoms with E-state index >= 15 is 0 Å². The van der Waals surface area contributed by atoms with E-state index in [1.165, 1.54) is 0 Å². The molecule has 2 saturated heterocycles. The highest BCUT2D eigenvalue weighted by atomic mass is 16.2. The van der Waals surface area contributed by atoms with Gasteiger partial charge in [0, 0.05) is 69.0 Å². The maximum atomic E-state index is 13.1. The molecule has 3 heterocycles. The lowest BCUT2D eigenvalue weighted by molar-refractivity contribution is -0.137. The molecular formula is C24H32N4O3. The van der Waals surface area contributed by atoms with Crippen LogP contribution < -0.4 is 9.80 Å². The Bertz CT molecular complexity index is 902. The van der Waals surface area contributed by atoms with Crippen molar-refractivity contribution >= 4 is 29.1 Å². The largest absolute Gasteiger partial charge is 0.340 e. The van der Waals surface area contributed by atoms with Gasteiger partial charge in [-0.1, -0.05) is 0 Å². The average Bonchev–Trinajstić information content (AvgIpc) is 3.43. The van der Waals surface area contributed by atoms with E-state index in [0.717, 1.165) is 68.9 Å². The number of piperazine rings is 1. The minimum Gasteiger partial charge on any atom is -0.340 e. The van der Waals surface area contributed by atoms with Crippen LogP contribution >= 0.6 is 0 Å². The molecule has 4 aliphatic rings. The van der Waals surface area contributed by atoms with Gasteiger partial charge in [0.1, 0.15) is 0 Å². The fourth-order valence-corrected chi connectivity index (χ4v) is 5.18. The van der Waals surface area contributed by atoms with Crippen molar-refractivity contribution in [2.45, 2.75) is 45.6 Å². The Kier molecular flexibility index (Phi) is 5.24. The van der Waals surface area contributed by atoms with E-state index in [2.05, 4.69) is 18.7 Å². The third-order valence-corrected chi connectivity index (χ3v) is 7.29. The van der Waals surface area contributed by atoms with Crippen molar-refractivity contribution < 1.29 is 14.4 Å². The summed E-state index contributed by atoms with van der Waals surface area (Å²) < 4.78 is 0. The van der Waals surface area contributed by atoms with Crippen LogP contribution in [0, 0.1) is 11.8 Å². The van der Waals surface area contributed by atoms with Gasteiger partial charge in [0.2, 0.25) is 17.7 Å². The summed E-state index contributed by atoms with van der Waals surface area (Å²) in [6, 6.07) is 6.45. The Morgan fingerprint density at radius 3 is 2.39 bits per heavy atom. The number of carbonyl (C=O) groups is 3. The molecule has 0 N–H and O–H groups in total. The van der Waals surface area contributed by atoms with Crippen molar-refractivity contribution in [3.05, 3.63) is 23.8 Å². The van der Waals surface area contributed by atoms with Gasteiger partial charge in [-0.25, -0.2) is 0 Å². The molecule has 7 nitrogen and oxygen atoms in total. The molecule has 0 spiro atoms. The van der Waals surface area contributed by atoms with E-state index in [0.29, 0.717) is 12.6 Å². The standard InChI is InChI=1S/C24H32N4O3/c1-16(2)25-9-11-26(12-10-25)23(30)19-14-22(29)28(15-19)20-5-6-21-18(13-20)7-8-27(21)24(31)17-3-4-17/h5-6,13,16-17,19H,3-4,7-12,14-15H2,1-2H3/t19-/m0/s1. The molecule has 0 bridgehead atoms. The van der Waals surface area contributed by atoms with Crippen LogP contribution in [0.3, 0.4) is 0 Å². The summed E-state index contributed by atoms with van der Waals surface area (Å²) in [5, 5.41) is 0. The number of amides is 3. The lowest BCUT2D eigenvalue weighted by atomic mass is 10.1. The van der Waals surface area contributed by atoms with Crippen molar-refractivity contribution in [2.75, 3.05) is 49.1 Å². The van der Waals surface area contributed by atoms with Crippen LogP contribution in [0.25, 0.3) is 0 Å². The predicted molar refractivity (Wildman–Crippen MR) is 119 cm³/mol. The zero-order chi connectivity index (χ0) is 21.7. The maximum absolute atomic E-state index is 13.1.